The molecule has 0 spiro atoms. The Bertz CT molecular complexity index is 495. The molecule has 0 bridgehead atoms. The van der Waals surface area contributed by atoms with Gasteiger partial charge in [0.15, 0.2) is 0 Å². The average Bonchev–Trinajstić information content (AvgIpc) is 2.33. The lowest BCUT2D eigenvalue weighted by Gasteiger charge is -2.34. The van der Waals surface area contributed by atoms with Crippen molar-refractivity contribution in [1.82, 2.24) is 9.71 Å². The Labute approximate surface area is 107 Å². The third kappa shape index (κ3) is 2.80. The SMILES string of the molecule is CNc1ccc(S(=O)(=O)NC2CC(OC)C2)cn1. The number of ether oxygens (including phenoxy) is 1. The van der Waals surface area contributed by atoms with Crippen LogP contribution >= 0.6 is 0 Å². The van der Waals surface area contributed by atoms with Crippen molar-refractivity contribution < 1.29 is 13.2 Å². The van der Waals surface area contributed by atoms with Crippen molar-refractivity contribution in [3.63, 3.8) is 0 Å². The predicted octanol–water partition coefficient (Wildman–Crippen LogP) is 0.579. The number of aromatic nitrogens is 1. The molecular weight excluding hydrogens is 254 g/mol. The van der Waals surface area contributed by atoms with E-state index in [1.165, 1.54) is 12.3 Å². The molecule has 1 aromatic heterocycles. The fraction of sp³-hybridized carbons (Fsp3) is 0.545. The Morgan fingerprint density at radius 1 is 1.39 bits per heavy atom. The molecular formula is C11H17N3O3S. The summed E-state index contributed by atoms with van der Waals surface area (Å²) in [5, 5.41) is 2.84. The first-order chi connectivity index (χ1) is 8.55. The van der Waals surface area contributed by atoms with Crippen LogP contribution < -0.4 is 10.0 Å². The van der Waals surface area contributed by atoms with Crippen molar-refractivity contribution in [3.05, 3.63) is 18.3 Å². The quantitative estimate of drug-likeness (QED) is 0.819. The molecule has 1 aliphatic rings. The van der Waals surface area contributed by atoms with Gasteiger partial charge in [0.1, 0.15) is 10.7 Å². The fourth-order valence-electron chi connectivity index (χ4n) is 1.83. The normalized spacial score (nSPS) is 23.4. The number of nitrogens with zero attached hydrogens (tertiary/aromatic N) is 1. The topological polar surface area (TPSA) is 80.3 Å². The maximum atomic E-state index is 12.0. The van der Waals surface area contributed by atoms with Gasteiger partial charge in [-0.05, 0) is 25.0 Å². The Balaban J connectivity index is 2.02. The van der Waals surface area contributed by atoms with E-state index < -0.39 is 10.0 Å². The molecule has 0 amide bonds. The maximum Gasteiger partial charge on any atom is 0.242 e. The summed E-state index contributed by atoms with van der Waals surface area (Å²) in [4.78, 5) is 4.17. The zero-order chi connectivity index (χ0) is 13.2. The number of anilines is 1. The Kier molecular flexibility index (Phi) is 3.84. The van der Waals surface area contributed by atoms with Crippen molar-refractivity contribution in [2.45, 2.75) is 29.9 Å². The molecule has 6 nitrogen and oxygen atoms in total. The van der Waals surface area contributed by atoms with Crippen molar-refractivity contribution >= 4 is 15.8 Å². The fourth-order valence-corrected chi connectivity index (χ4v) is 3.03. The molecule has 0 aliphatic heterocycles. The predicted molar refractivity (Wildman–Crippen MR) is 67.9 cm³/mol. The highest BCUT2D eigenvalue weighted by Crippen LogP contribution is 2.24. The van der Waals surface area contributed by atoms with Crippen LogP contribution in [-0.2, 0) is 14.8 Å². The summed E-state index contributed by atoms with van der Waals surface area (Å²) >= 11 is 0. The number of pyridine rings is 1. The molecule has 1 aliphatic carbocycles. The van der Waals surface area contributed by atoms with Crippen LogP contribution in [0.4, 0.5) is 5.82 Å². The summed E-state index contributed by atoms with van der Waals surface area (Å²) in [5.41, 5.74) is 0. The van der Waals surface area contributed by atoms with E-state index in [0.717, 1.165) is 12.8 Å². The molecule has 1 saturated carbocycles. The van der Waals surface area contributed by atoms with Gasteiger partial charge in [-0.25, -0.2) is 18.1 Å². The van der Waals surface area contributed by atoms with E-state index in [0.29, 0.717) is 5.82 Å². The van der Waals surface area contributed by atoms with Crippen molar-refractivity contribution in [2.24, 2.45) is 0 Å². The van der Waals surface area contributed by atoms with Crippen LogP contribution in [0, 0.1) is 0 Å². The molecule has 1 heterocycles. The highest BCUT2D eigenvalue weighted by molar-refractivity contribution is 7.89. The van der Waals surface area contributed by atoms with Crippen LogP contribution in [0.5, 0.6) is 0 Å². The van der Waals surface area contributed by atoms with Crippen LogP contribution in [0.25, 0.3) is 0 Å². The molecule has 7 heteroatoms. The summed E-state index contributed by atoms with van der Waals surface area (Å²) in [6.45, 7) is 0. The number of methoxy groups -OCH3 is 1. The third-order valence-electron chi connectivity index (χ3n) is 3.05. The Morgan fingerprint density at radius 3 is 2.61 bits per heavy atom. The summed E-state index contributed by atoms with van der Waals surface area (Å²) in [6.07, 6.45) is 2.96. The van der Waals surface area contributed by atoms with E-state index in [-0.39, 0.29) is 17.0 Å². The maximum absolute atomic E-state index is 12.0. The van der Waals surface area contributed by atoms with Crippen molar-refractivity contribution in [2.75, 3.05) is 19.5 Å². The van der Waals surface area contributed by atoms with Crippen LogP contribution in [0.1, 0.15) is 12.8 Å². The minimum absolute atomic E-state index is 0.0380. The van der Waals surface area contributed by atoms with E-state index in [1.54, 1.807) is 20.2 Å². The van der Waals surface area contributed by atoms with Gasteiger partial charge in [0.25, 0.3) is 0 Å². The number of rotatable bonds is 5. The van der Waals surface area contributed by atoms with E-state index >= 15 is 0 Å². The second-order valence-electron chi connectivity index (χ2n) is 4.28. The number of hydrogen-bond donors (Lipinski definition) is 2. The monoisotopic (exact) mass is 271 g/mol. The van der Waals surface area contributed by atoms with Crippen LogP contribution in [0.2, 0.25) is 0 Å². The van der Waals surface area contributed by atoms with Gasteiger partial charge in [0, 0.05) is 26.4 Å². The van der Waals surface area contributed by atoms with Crippen LogP contribution in [0.3, 0.4) is 0 Å². The summed E-state index contributed by atoms with van der Waals surface area (Å²) < 4.78 is 31.8. The molecule has 100 valence electrons. The second kappa shape index (κ2) is 5.21. The number of sulfonamides is 1. The van der Waals surface area contributed by atoms with Gasteiger partial charge in [-0.2, -0.15) is 0 Å². The van der Waals surface area contributed by atoms with Gasteiger partial charge in [-0.3, -0.25) is 0 Å². The highest BCUT2D eigenvalue weighted by atomic mass is 32.2. The van der Waals surface area contributed by atoms with Crippen LogP contribution in [0.15, 0.2) is 23.2 Å². The van der Waals surface area contributed by atoms with Gasteiger partial charge >= 0.3 is 0 Å². The molecule has 1 aromatic rings. The molecule has 2 N–H and O–H groups in total. The summed E-state index contributed by atoms with van der Waals surface area (Å²) in [7, 11) is -0.108. The van der Waals surface area contributed by atoms with Crippen molar-refractivity contribution in [1.29, 1.82) is 0 Å². The lowest BCUT2D eigenvalue weighted by Crippen LogP contribution is -2.47. The van der Waals surface area contributed by atoms with Crippen LogP contribution in [-0.4, -0.2) is 39.7 Å². The lowest BCUT2D eigenvalue weighted by molar-refractivity contribution is 0.0236. The minimum atomic E-state index is -3.47. The first kappa shape index (κ1) is 13.3. The molecule has 0 saturated heterocycles. The second-order valence-corrected chi connectivity index (χ2v) is 5.99. The third-order valence-corrected chi connectivity index (χ3v) is 4.56. The van der Waals surface area contributed by atoms with Gasteiger partial charge in [-0.15, -0.1) is 0 Å². The average molecular weight is 271 g/mol. The van der Waals surface area contributed by atoms with Gasteiger partial charge in [-0.1, -0.05) is 0 Å². The van der Waals surface area contributed by atoms with E-state index in [9.17, 15) is 8.42 Å². The largest absolute Gasteiger partial charge is 0.381 e. The van der Waals surface area contributed by atoms with Gasteiger partial charge in [0.2, 0.25) is 10.0 Å². The molecule has 0 atom stereocenters. The smallest absolute Gasteiger partial charge is 0.242 e. The Morgan fingerprint density at radius 2 is 2.11 bits per heavy atom. The standard InChI is InChI=1S/C11H17N3O3S/c1-12-11-4-3-10(7-13-11)18(15,16)14-8-5-9(6-8)17-2/h3-4,7-9,14H,5-6H2,1-2H3,(H,12,13). The zero-order valence-corrected chi connectivity index (χ0v) is 11.2. The first-order valence-electron chi connectivity index (χ1n) is 5.74. The highest BCUT2D eigenvalue weighted by Gasteiger charge is 2.32. The minimum Gasteiger partial charge on any atom is -0.381 e. The lowest BCUT2D eigenvalue weighted by atomic mass is 9.90. The first-order valence-corrected chi connectivity index (χ1v) is 7.22. The van der Waals surface area contributed by atoms with Crippen molar-refractivity contribution in [3.8, 4) is 0 Å². The number of nitrogens with one attached hydrogen (secondary N) is 2. The molecule has 18 heavy (non-hydrogen) atoms. The van der Waals surface area contributed by atoms with Gasteiger partial charge in [0.05, 0.1) is 6.10 Å². The summed E-state index contributed by atoms with van der Waals surface area (Å²) in [6, 6.07) is 3.13. The zero-order valence-electron chi connectivity index (χ0n) is 10.4. The van der Waals surface area contributed by atoms with Gasteiger partial charge < -0.3 is 10.1 Å². The Hall–Kier alpha value is -1.18. The van der Waals surface area contributed by atoms with E-state index in [2.05, 4.69) is 15.0 Å². The number of hydrogen-bond acceptors (Lipinski definition) is 5. The summed E-state index contributed by atoms with van der Waals surface area (Å²) in [5.74, 6) is 0.636. The molecule has 1 fully saturated rings. The van der Waals surface area contributed by atoms with E-state index in [4.69, 9.17) is 4.74 Å². The van der Waals surface area contributed by atoms with E-state index in [1.807, 2.05) is 0 Å². The molecule has 0 unspecified atom stereocenters. The molecule has 2 rings (SSSR count). The molecule has 0 aromatic carbocycles. The molecule has 0 radical (unpaired) electrons.